The summed E-state index contributed by atoms with van der Waals surface area (Å²) in [5.74, 6) is 0.828. The summed E-state index contributed by atoms with van der Waals surface area (Å²) < 4.78 is 2.18. The molecule has 1 aromatic rings. The van der Waals surface area contributed by atoms with Gasteiger partial charge in [-0.25, -0.2) is 4.98 Å². The van der Waals surface area contributed by atoms with Crippen LogP contribution in [0.2, 0.25) is 0 Å². The fourth-order valence-electron chi connectivity index (χ4n) is 1.61. The lowest BCUT2D eigenvalue weighted by Gasteiger charge is -2.14. The van der Waals surface area contributed by atoms with Crippen LogP contribution < -0.4 is 0 Å². The van der Waals surface area contributed by atoms with Gasteiger partial charge in [-0.15, -0.1) is 0 Å². The van der Waals surface area contributed by atoms with Crippen molar-refractivity contribution in [1.29, 1.82) is 0 Å². The van der Waals surface area contributed by atoms with Gasteiger partial charge in [0.2, 0.25) is 0 Å². The molecule has 0 saturated carbocycles. The number of imidazole rings is 1. The van der Waals surface area contributed by atoms with E-state index in [1.54, 1.807) is 0 Å². The largest absolute Gasteiger partial charge is 0.483 e. The number of carbonyl (C=O) groups is 1. The van der Waals surface area contributed by atoms with Gasteiger partial charge in [0.05, 0.1) is 6.33 Å². The normalized spacial score (nSPS) is 11.4. The van der Waals surface area contributed by atoms with Crippen LogP contribution in [0.5, 0.6) is 0 Å². The Morgan fingerprint density at radius 2 is 2.19 bits per heavy atom. The van der Waals surface area contributed by atoms with Crippen molar-refractivity contribution in [2.75, 3.05) is 0 Å². The van der Waals surface area contributed by atoms with Gasteiger partial charge in [-0.3, -0.25) is 4.79 Å². The average molecular weight is 226 g/mol. The predicted molar refractivity (Wildman–Crippen MR) is 64.2 cm³/mol. The molecule has 0 aromatic carbocycles. The molecule has 0 bridgehead atoms. The van der Waals surface area contributed by atoms with E-state index < -0.39 is 0 Å². The van der Waals surface area contributed by atoms with Crippen LogP contribution in [0.15, 0.2) is 18.7 Å². The van der Waals surface area contributed by atoms with Crippen LogP contribution in [0.4, 0.5) is 0 Å². The van der Waals surface area contributed by atoms with E-state index >= 15 is 0 Å². The molecule has 0 fully saturated rings. The molecular formula is C12H22N2O2. The molecule has 0 amide bonds. The Bertz CT molecular complexity index is 248. The van der Waals surface area contributed by atoms with E-state index in [1.165, 1.54) is 25.7 Å². The van der Waals surface area contributed by atoms with E-state index in [2.05, 4.69) is 29.6 Å². The Hall–Kier alpha value is -1.32. The van der Waals surface area contributed by atoms with E-state index in [9.17, 15) is 0 Å². The van der Waals surface area contributed by atoms with Crippen molar-refractivity contribution in [1.82, 2.24) is 9.55 Å². The highest BCUT2D eigenvalue weighted by molar-refractivity contribution is 5.32. The van der Waals surface area contributed by atoms with Gasteiger partial charge in [0.15, 0.2) is 0 Å². The number of unbranched alkanes of at least 4 members (excludes halogenated alkanes) is 1. The lowest BCUT2D eigenvalue weighted by molar-refractivity contribution is -0.122. The third-order valence-corrected chi connectivity index (χ3v) is 2.57. The second kappa shape index (κ2) is 10.2. The number of rotatable bonds is 6. The van der Waals surface area contributed by atoms with Gasteiger partial charge in [0.25, 0.3) is 6.47 Å². The first-order valence-corrected chi connectivity index (χ1v) is 5.82. The predicted octanol–water partition coefficient (Wildman–Crippen LogP) is 2.80. The summed E-state index contributed by atoms with van der Waals surface area (Å²) in [5.41, 5.74) is 0. The molecule has 1 N–H and O–H groups in total. The molecule has 1 heterocycles. The van der Waals surface area contributed by atoms with Crippen molar-refractivity contribution in [2.45, 2.75) is 46.1 Å². The molecule has 4 nitrogen and oxygen atoms in total. The van der Waals surface area contributed by atoms with E-state index in [4.69, 9.17) is 9.90 Å². The minimum absolute atomic E-state index is 0.250. The third-order valence-electron chi connectivity index (χ3n) is 2.57. The molecule has 92 valence electrons. The first kappa shape index (κ1) is 14.7. The van der Waals surface area contributed by atoms with E-state index in [0.717, 1.165) is 12.5 Å². The van der Waals surface area contributed by atoms with Crippen LogP contribution in [-0.2, 0) is 11.3 Å². The van der Waals surface area contributed by atoms with Crippen molar-refractivity contribution in [3.63, 3.8) is 0 Å². The van der Waals surface area contributed by atoms with Crippen molar-refractivity contribution < 1.29 is 9.90 Å². The average Bonchev–Trinajstić information content (AvgIpc) is 2.78. The van der Waals surface area contributed by atoms with Crippen LogP contribution in [-0.4, -0.2) is 21.1 Å². The summed E-state index contributed by atoms with van der Waals surface area (Å²) >= 11 is 0. The smallest absolute Gasteiger partial charge is 0.290 e. The monoisotopic (exact) mass is 226 g/mol. The Morgan fingerprint density at radius 1 is 1.50 bits per heavy atom. The zero-order chi connectivity index (χ0) is 12.2. The molecule has 4 heteroatoms. The van der Waals surface area contributed by atoms with Crippen LogP contribution in [0.3, 0.4) is 0 Å². The van der Waals surface area contributed by atoms with Gasteiger partial charge in [-0.1, -0.05) is 33.1 Å². The maximum atomic E-state index is 8.36. The zero-order valence-corrected chi connectivity index (χ0v) is 10.2. The second-order valence-electron chi connectivity index (χ2n) is 3.78. The maximum Gasteiger partial charge on any atom is 0.290 e. The standard InChI is InChI=1S/C11H20N2.CH2O2/c1-3-5-6-11(4-2)9-13-8-7-12-10-13;2-1-3/h7-8,10-11H,3-6,9H2,1-2H3;1H,(H,2,3). The Labute approximate surface area is 97.3 Å². The van der Waals surface area contributed by atoms with Crippen LogP contribution in [0, 0.1) is 5.92 Å². The van der Waals surface area contributed by atoms with Crippen LogP contribution in [0.1, 0.15) is 39.5 Å². The number of hydrogen-bond acceptors (Lipinski definition) is 2. The molecule has 1 unspecified atom stereocenters. The van der Waals surface area contributed by atoms with Crippen molar-refractivity contribution in [3.05, 3.63) is 18.7 Å². The highest BCUT2D eigenvalue weighted by atomic mass is 16.3. The fraction of sp³-hybridized carbons (Fsp3) is 0.667. The Morgan fingerprint density at radius 3 is 2.62 bits per heavy atom. The number of nitrogens with zero attached hydrogens (tertiary/aromatic N) is 2. The van der Waals surface area contributed by atoms with Gasteiger partial charge in [-0.05, 0) is 12.3 Å². The molecule has 0 saturated heterocycles. The molecular weight excluding hydrogens is 204 g/mol. The SMILES string of the molecule is CCCCC(CC)Cn1ccnc1.O=CO. The van der Waals surface area contributed by atoms with Crippen molar-refractivity contribution in [3.8, 4) is 0 Å². The summed E-state index contributed by atoms with van der Waals surface area (Å²) in [7, 11) is 0. The molecule has 0 spiro atoms. The zero-order valence-electron chi connectivity index (χ0n) is 10.2. The van der Waals surface area contributed by atoms with Gasteiger partial charge < -0.3 is 9.67 Å². The Kier molecular flexibility index (Phi) is 9.36. The number of hydrogen-bond donors (Lipinski definition) is 1. The maximum absolute atomic E-state index is 8.36. The van der Waals surface area contributed by atoms with Crippen molar-refractivity contribution in [2.24, 2.45) is 5.92 Å². The summed E-state index contributed by atoms with van der Waals surface area (Å²) in [6.07, 6.45) is 11.1. The number of aromatic nitrogens is 2. The molecule has 0 radical (unpaired) electrons. The van der Waals surface area contributed by atoms with Gasteiger partial charge >= 0.3 is 0 Å². The van der Waals surface area contributed by atoms with Crippen molar-refractivity contribution >= 4 is 6.47 Å². The minimum Gasteiger partial charge on any atom is -0.483 e. The summed E-state index contributed by atoms with van der Waals surface area (Å²) in [5, 5.41) is 6.89. The minimum atomic E-state index is -0.250. The van der Waals surface area contributed by atoms with Gasteiger partial charge in [0, 0.05) is 18.9 Å². The lowest BCUT2D eigenvalue weighted by atomic mass is 9.99. The van der Waals surface area contributed by atoms with Gasteiger partial charge in [0.1, 0.15) is 0 Å². The molecule has 1 rings (SSSR count). The van der Waals surface area contributed by atoms with E-state index in [0.29, 0.717) is 0 Å². The highest BCUT2D eigenvalue weighted by Gasteiger charge is 2.05. The third kappa shape index (κ3) is 7.04. The van der Waals surface area contributed by atoms with E-state index in [1.807, 2.05) is 12.5 Å². The molecule has 1 atom stereocenters. The number of carboxylic acid groups (broad SMARTS) is 1. The molecule has 0 aliphatic carbocycles. The summed E-state index contributed by atoms with van der Waals surface area (Å²) in [4.78, 5) is 12.4. The molecule has 1 aromatic heterocycles. The topological polar surface area (TPSA) is 55.1 Å². The lowest BCUT2D eigenvalue weighted by Crippen LogP contribution is -2.08. The van der Waals surface area contributed by atoms with Crippen LogP contribution in [0.25, 0.3) is 0 Å². The molecule has 0 aliphatic rings. The summed E-state index contributed by atoms with van der Waals surface area (Å²) in [6, 6.07) is 0. The highest BCUT2D eigenvalue weighted by Crippen LogP contribution is 2.14. The first-order chi connectivity index (χ1) is 7.78. The summed E-state index contributed by atoms with van der Waals surface area (Å²) in [6.45, 7) is 5.41. The molecule has 0 aliphatic heterocycles. The van der Waals surface area contributed by atoms with Gasteiger partial charge in [-0.2, -0.15) is 0 Å². The fourth-order valence-corrected chi connectivity index (χ4v) is 1.61. The second-order valence-corrected chi connectivity index (χ2v) is 3.78. The Balaban J connectivity index is 0.000000673. The molecule has 16 heavy (non-hydrogen) atoms. The van der Waals surface area contributed by atoms with E-state index in [-0.39, 0.29) is 6.47 Å². The van der Waals surface area contributed by atoms with Crippen LogP contribution >= 0.6 is 0 Å². The quantitative estimate of drug-likeness (QED) is 0.759. The first-order valence-electron chi connectivity index (χ1n) is 5.82.